The fourth-order valence-corrected chi connectivity index (χ4v) is 4.56. The molecule has 0 unspecified atom stereocenters. The van der Waals surface area contributed by atoms with Crippen molar-refractivity contribution in [2.45, 2.75) is 32.2 Å². The van der Waals surface area contributed by atoms with Crippen LogP contribution in [-0.4, -0.2) is 56.4 Å². The first-order valence-electron chi connectivity index (χ1n) is 11.4. The second-order valence-electron chi connectivity index (χ2n) is 8.89. The van der Waals surface area contributed by atoms with E-state index in [1.54, 1.807) is 14.0 Å². The van der Waals surface area contributed by atoms with E-state index in [-0.39, 0.29) is 30.5 Å². The fourth-order valence-electron chi connectivity index (χ4n) is 4.56. The number of carboxylic acids is 1. The van der Waals surface area contributed by atoms with Gasteiger partial charge in [0.15, 0.2) is 0 Å². The van der Waals surface area contributed by atoms with E-state index < -0.39 is 23.5 Å². The molecule has 0 saturated carbocycles. The van der Waals surface area contributed by atoms with Gasteiger partial charge in [0.25, 0.3) is 5.91 Å². The maximum Gasteiger partial charge on any atom is 0.411 e. The van der Waals surface area contributed by atoms with Gasteiger partial charge in [-0.05, 0) is 43.0 Å². The molecule has 1 heterocycles. The third kappa shape index (κ3) is 4.25. The number of ether oxygens (including phenoxy) is 1. The molecule has 182 valence electrons. The van der Waals surface area contributed by atoms with E-state index in [9.17, 15) is 19.5 Å². The van der Waals surface area contributed by atoms with Crippen molar-refractivity contribution in [2.75, 3.05) is 18.5 Å². The standard InChI is InChI=1S/C26H28N4O5/c1-5-30(26(2,3)24(32)33)23(31)22-21(14-27-29(22)4)28-25(34)35-15-20-18-12-8-6-10-16(18)17-11-7-9-13-19(17)20/h6-14,20H,5,15H2,1-4H3,(H,28,34)(H,32,33). The minimum absolute atomic E-state index is 0.0645. The summed E-state index contributed by atoms with van der Waals surface area (Å²) in [5.41, 5.74) is 3.19. The van der Waals surface area contributed by atoms with Crippen molar-refractivity contribution in [3.8, 4) is 11.1 Å². The summed E-state index contributed by atoms with van der Waals surface area (Å²) in [6.45, 7) is 4.87. The quantitative estimate of drug-likeness (QED) is 0.531. The predicted octanol–water partition coefficient (Wildman–Crippen LogP) is 4.11. The molecule has 0 atom stereocenters. The van der Waals surface area contributed by atoms with Crippen LogP contribution in [0, 0.1) is 0 Å². The van der Waals surface area contributed by atoms with Gasteiger partial charge >= 0.3 is 12.1 Å². The number of nitrogens with one attached hydrogen (secondary N) is 1. The second-order valence-corrected chi connectivity index (χ2v) is 8.89. The molecule has 35 heavy (non-hydrogen) atoms. The molecule has 0 radical (unpaired) electrons. The van der Waals surface area contributed by atoms with Crippen LogP contribution in [0.15, 0.2) is 54.7 Å². The summed E-state index contributed by atoms with van der Waals surface area (Å²) in [5.74, 6) is -1.80. The third-order valence-electron chi connectivity index (χ3n) is 6.48. The summed E-state index contributed by atoms with van der Waals surface area (Å²) >= 11 is 0. The number of hydrogen-bond acceptors (Lipinski definition) is 5. The highest BCUT2D eigenvalue weighted by atomic mass is 16.5. The second kappa shape index (κ2) is 9.25. The SMILES string of the molecule is CCN(C(=O)c1c(NC(=O)OCC2c3ccccc3-c3ccccc32)cnn1C)C(C)(C)C(=O)O. The van der Waals surface area contributed by atoms with Gasteiger partial charge in [-0.2, -0.15) is 5.10 Å². The Kier molecular flexibility index (Phi) is 6.34. The highest BCUT2D eigenvalue weighted by molar-refractivity contribution is 6.03. The lowest BCUT2D eigenvalue weighted by Crippen LogP contribution is -2.53. The Hall–Kier alpha value is -4.14. The topological polar surface area (TPSA) is 114 Å². The summed E-state index contributed by atoms with van der Waals surface area (Å²) in [5, 5.41) is 16.3. The molecule has 0 aliphatic heterocycles. The van der Waals surface area contributed by atoms with Crippen molar-refractivity contribution in [1.82, 2.24) is 14.7 Å². The van der Waals surface area contributed by atoms with Gasteiger partial charge in [-0.1, -0.05) is 48.5 Å². The molecule has 9 heteroatoms. The number of carboxylic acid groups (broad SMARTS) is 1. The third-order valence-corrected chi connectivity index (χ3v) is 6.48. The van der Waals surface area contributed by atoms with Crippen LogP contribution >= 0.6 is 0 Å². The number of hydrogen-bond donors (Lipinski definition) is 2. The van der Waals surface area contributed by atoms with Crippen molar-refractivity contribution < 1.29 is 24.2 Å². The first-order valence-corrected chi connectivity index (χ1v) is 11.4. The number of fused-ring (bicyclic) bond motifs is 3. The van der Waals surface area contributed by atoms with E-state index >= 15 is 0 Å². The summed E-state index contributed by atoms with van der Waals surface area (Å²) in [4.78, 5) is 38.9. The lowest BCUT2D eigenvalue weighted by molar-refractivity contribution is -0.147. The summed E-state index contributed by atoms with van der Waals surface area (Å²) in [6, 6.07) is 16.1. The maximum absolute atomic E-state index is 13.3. The van der Waals surface area contributed by atoms with Crippen molar-refractivity contribution in [1.29, 1.82) is 0 Å². The molecular weight excluding hydrogens is 448 g/mol. The number of likely N-dealkylation sites (N-methyl/N-ethyl adjacent to an activating group) is 1. The van der Waals surface area contributed by atoms with Crippen LogP contribution in [-0.2, 0) is 16.6 Å². The number of carbonyl (C=O) groups is 3. The van der Waals surface area contributed by atoms with Crippen molar-refractivity contribution in [3.05, 3.63) is 71.5 Å². The van der Waals surface area contributed by atoms with E-state index in [1.165, 1.54) is 29.6 Å². The zero-order valence-electron chi connectivity index (χ0n) is 20.1. The van der Waals surface area contributed by atoms with E-state index in [1.807, 2.05) is 36.4 Å². The summed E-state index contributed by atoms with van der Waals surface area (Å²) < 4.78 is 6.88. The molecule has 1 aliphatic carbocycles. The Morgan fingerprint density at radius 3 is 2.20 bits per heavy atom. The van der Waals surface area contributed by atoms with E-state index in [4.69, 9.17) is 4.74 Å². The zero-order valence-corrected chi connectivity index (χ0v) is 20.1. The number of nitrogens with zero attached hydrogens (tertiary/aromatic N) is 3. The smallest absolute Gasteiger partial charge is 0.411 e. The molecule has 1 aliphatic rings. The minimum Gasteiger partial charge on any atom is -0.480 e. The first-order chi connectivity index (χ1) is 16.7. The van der Waals surface area contributed by atoms with Crippen LogP contribution in [0.5, 0.6) is 0 Å². The Bertz CT molecular complexity index is 1250. The molecule has 9 nitrogen and oxygen atoms in total. The van der Waals surface area contributed by atoms with Crippen LogP contribution in [0.1, 0.15) is 48.3 Å². The molecule has 3 aromatic rings. The van der Waals surface area contributed by atoms with Crippen molar-refractivity contribution in [2.24, 2.45) is 7.05 Å². The molecule has 2 amide bonds. The van der Waals surface area contributed by atoms with Crippen molar-refractivity contribution in [3.63, 3.8) is 0 Å². The average Bonchev–Trinajstić information content (AvgIpc) is 3.35. The Balaban J connectivity index is 1.51. The van der Waals surface area contributed by atoms with Crippen LogP contribution in [0.2, 0.25) is 0 Å². The van der Waals surface area contributed by atoms with E-state index in [2.05, 4.69) is 22.5 Å². The molecule has 1 aromatic heterocycles. The first kappa shape index (κ1) is 24.0. The average molecular weight is 477 g/mol. The molecule has 2 aromatic carbocycles. The molecule has 0 spiro atoms. The number of aryl methyl sites for hydroxylation is 1. The lowest BCUT2D eigenvalue weighted by Gasteiger charge is -2.34. The number of carbonyl (C=O) groups excluding carboxylic acids is 2. The summed E-state index contributed by atoms with van der Waals surface area (Å²) in [7, 11) is 1.55. The molecule has 2 N–H and O–H groups in total. The fraction of sp³-hybridized carbons (Fsp3) is 0.308. The van der Waals surface area contributed by atoms with Gasteiger partial charge in [-0.25, -0.2) is 9.59 Å². The Labute approximate surface area is 203 Å². The van der Waals surface area contributed by atoms with E-state index in [0.29, 0.717) is 0 Å². The largest absolute Gasteiger partial charge is 0.480 e. The number of amides is 2. The van der Waals surface area contributed by atoms with Gasteiger partial charge in [0.2, 0.25) is 0 Å². The highest BCUT2D eigenvalue weighted by Gasteiger charge is 2.39. The molecule has 4 rings (SSSR count). The monoisotopic (exact) mass is 476 g/mol. The van der Waals surface area contributed by atoms with Gasteiger partial charge < -0.3 is 14.7 Å². The number of benzene rings is 2. The highest BCUT2D eigenvalue weighted by Crippen LogP contribution is 2.44. The number of rotatable bonds is 7. The van der Waals surface area contributed by atoms with Crippen LogP contribution in [0.4, 0.5) is 10.5 Å². The minimum atomic E-state index is -1.45. The maximum atomic E-state index is 13.3. The Morgan fingerprint density at radius 1 is 1.09 bits per heavy atom. The molecule has 0 bridgehead atoms. The predicted molar refractivity (Wildman–Crippen MR) is 130 cm³/mol. The molecule has 0 saturated heterocycles. The van der Waals surface area contributed by atoms with Gasteiger partial charge in [0, 0.05) is 19.5 Å². The van der Waals surface area contributed by atoms with Crippen LogP contribution < -0.4 is 5.32 Å². The van der Waals surface area contributed by atoms with Crippen molar-refractivity contribution >= 4 is 23.7 Å². The number of anilines is 1. The van der Waals surface area contributed by atoms with Gasteiger partial charge in [0.1, 0.15) is 17.8 Å². The molecular formula is C26H28N4O5. The van der Waals surface area contributed by atoms with Gasteiger partial charge in [-0.15, -0.1) is 0 Å². The van der Waals surface area contributed by atoms with E-state index in [0.717, 1.165) is 22.3 Å². The number of aromatic nitrogens is 2. The number of aliphatic carboxylic acids is 1. The van der Waals surface area contributed by atoms with Crippen LogP contribution in [0.3, 0.4) is 0 Å². The molecule has 0 fully saturated rings. The normalized spacial score (nSPS) is 12.6. The Morgan fingerprint density at radius 2 is 1.66 bits per heavy atom. The zero-order chi connectivity index (χ0) is 25.3. The lowest BCUT2D eigenvalue weighted by atomic mass is 9.98. The summed E-state index contributed by atoms with van der Waals surface area (Å²) in [6.07, 6.45) is 0.616. The van der Waals surface area contributed by atoms with Gasteiger partial charge in [-0.3, -0.25) is 14.8 Å². The van der Waals surface area contributed by atoms with Crippen LogP contribution in [0.25, 0.3) is 11.1 Å². The van der Waals surface area contributed by atoms with Gasteiger partial charge in [0.05, 0.1) is 11.9 Å².